The van der Waals surface area contributed by atoms with E-state index in [9.17, 15) is 31.1 Å². The number of halogens is 6. The highest BCUT2D eigenvalue weighted by molar-refractivity contribution is 5.84. The van der Waals surface area contributed by atoms with Crippen molar-refractivity contribution in [3.05, 3.63) is 59.2 Å². The predicted octanol–water partition coefficient (Wildman–Crippen LogP) is 5.43. The van der Waals surface area contributed by atoms with E-state index in [2.05, 4.69) is 5.32 Å². The first kappa shape index (κ1) is 19.4. The van der Waals surface area contributed by atoms with Gasteiger partial charge in [-0.25, -0.2) is 4.79 Å². The second-order valence-corrected chi connectivity index (χ2v) is 5.24. The second-order valence-electron chi connectivity index (χ2n) is 5.24. The maximum atomic E-state index is 13.0. The van der Waals surface area contributed by atoms with Crippen LogP contribution in [0.4, 0.5) is 42.5 Å². The lowest BCUT2D eigenvalue weighted by atomic mass is 10.1. The van der Waals surface area contributed by atoms with Gasteiger partial charge in [0.15, 0.2) is 0 Å². The van der Waals surface area contributed by atoms with Crippen LogP contribution in [0.3, 0.4) is 0 Å². The summed E-state index contributed by atoms with van der Waals surface area (Å²) in [6.07, 6.45) is -10.9. The van der Waals surface area contributed by atoms with E-state index in [1.165, 1.54) is 18.2 Å². The van der Waals surface area contributed by atoms with Gasteiger partial charge in [-0.05, 0) is 35.9 Å². The number of hydrogen-bond acceptors (Lipinski definition) is 2. The number of carbonyl (C=O) groups is 1. The molecule has 1 amide bonds. The van der Waals surface area contributed by atoms with E-state index in [4.69, 9.17) is 5.11 Å². The molecule has 4 nitrogen and oxygen atoms in total. The minimum Gasteiger partial charge on any atom is -0.465 e. The third-order valence-electron chi connectivity index (χ3n) is 3.34. The van der Waals surface area contributed by atoms with Gasteiger partial charge in [-0.1, -0.05) is 12.1 Å². The van der Waals surface area contributed by atoms with Crippen LogP contribution >= 0.6 is 0 Å². The molecule has 0 spiro atoms. The third kappa shape index (κ3) is 5.04. The minimum atomic E-state index is -4.79. The molecule has 0 aliphatic carbocycles. The summed E-state index contributed by atoms with van der Waals surface area (Å²) in [5.74, 6) is 0. The number of nitrogens with one attached hydrogen (secondary N) is 2. The van der Waals surface area contributed by atoms with Crippen molar-refractivity contribution in [2.75, 3.05) is 10.6 Å². The Bertz CT molecular complexity index is 785. The normalized spacial score (nSPS) is 11.9. The molecule has 0 radical (unpaired) electrons. The predicted molar refractivity (Wildman–Crippen MR) is 81.9 cm³/mol. The van der Waals surface area contributed by atoms with E-state index in [1.54, 1.807) is 5.32 Å². The zero-order valence-electron chi connectivity index (χ0n) is 12.9. The summed E-state index contributed by atoms with van der Waals surface area (Å²) in [5, 5.41) is 12.9. The summed E-state index contributed by atoms with van der Waals surface area (Å²) < 4.78 is 76.5. The molecule has 0 saturated carbocycles. The van der Waals surface area contributed by atoms with Gasteiger partial charge < -0.3 is 10.4 Å². The number of anilines is 2. The average molecular weight is 378 g/mol. The van der Waals surface area contributed by atoms with Crippen molar-refractivity contribution in [3.63, 3.8) is 0 Å². The Kier molecular flexibility index (Phi) is 5.33. The topological polar surface area (TPSA) is 61.4 Å². The van der Waals surface area contributed by atoms with E-state index in [0.29, 0.717) is 5.56 Å². The van der Waals surface area contributed by atoms with E-state index in [-0.39, 0.29) is 12.2 Å². The molecule has 3 N–H and O–H groups in total. The molecule has 0 saturated heterocycles. The summed E-state index contributed by atoms with van der Waals surface area (Å²) in [7, 11) is 0. The summed E-state index contributed by atoms with van der Waals surface area (Å²) >= 11 is 0. The summed E-state index contributed by atoms with van der Waals surface area (Å²) in [6, 6.07) is 7.06. The van der Waals surface area contributed by atoms with Gasteiger partial charge in [0, 0.05) is 12.2 Å². The molecule has 0 atom stereocenters. The molecule has 26 heavy (non-hydrogen) atoms. The first-order chi connectivity index (χ1) is 12.0. The Labute approximate surface area is 143 Å². The number of alkyl halides is 6. The Morgan fingerprint density at radius 2 is 1.54 bits per heavy atom. The molecule has 10 heteroatoms. The summed E-state index contributed by atoms with van der Waals surface area (Å²) in [4.78, 5) is 10.6. The van der Waals surface area contributed by atoms with Crippen molar-refractivity contribution in [2.24, 2.45) is 0 Å². The third-order valence-corrected chi connectivity index (χ3v) is 3.34. The largest absolute Gasteiger partial charge is 0.465 e. The van der Waals surface area contributed by atoms with Gasteiger partial charge in [-0.2, -0.15) is 26.3 Å². The molecule has 0 aromatic heterocycles. The van der Waals surface area contributed by atoms with Crippen LogP contribution in [0.2, 0.25) is 0 Å². The lowest BCUT2D eigenvalue weighted by Crippen LogP contribution is -2.15. The molecule has 2 aromatic rings. The SMILES string of the molecule is O=C(O)Nc1ccc(NCc2ccc(C(F)(F)F)cc2)cc1C(F)(F)F. The number of benzene rings is 2. The highest BCUT2D eigenvalue weighted by atomic mass is 19.4. The van der Waals surface area contributed by atoms with Crippen LogP contribution in [-0.2, 0) is 18.9 Å². The lowest BCUT2D eigenvalue weighted by Gasteiger charge is -2.15. The van der Waals surface area contributed by atoms with Crippen molar-refractivity contribution in [1.29, 1.82) is 0 Å². The van der Waals surface area contributed by atoms with Crippen LogP contribution in [0.5, 0.6) is 0 Å². The number of amides is 1. The Morgan fingerprint density at radius 3 is 2.04 bits per heavy atom. The monoisotopic (exact) mass is 378 g/mol. The molecule has 2 aromatic carbocycles. The molecular weight excluding hydrogens is 366 g/mol. The second kappa shape index (κ2) is 7.14. The van der Waals surface area contributed by atoms with Crippen molar-refractivity contribution >= 4 is 17.5 Å². The van der Waals surface area contributed by atoms with Crippen molar-refractivity contribution in [2.45, 2.75) is 18.9 Å². The first-order valence-electron chi connectivity index (χ1n) is 7.08. The first-order valence-corrected chi connectivity index (χ1v) is 7.08. The Balaban J connectivity index is 2.16. The minimum absolute atomic E-state index is 0.0128. The molecule has 140 valence electrons. The Hall–Kier alpha value is -2.91. The average Bonchev–Trinajstić information content (AvgIpc) is 2.52. The van der Waals surface area contributed by atoms with Gasteiger partial charge in [0.25, 0.3) is 0 Å². The highest BCUT2D eigenvalue weighted by Crippen LogP contribution is 2.36. The van der Waals surface area contributed by atoms with Crippen molar-refractivity contribution < 1.29 is 36.2 Å². The van der Waals surface area contributed by atoms with Gasteiger partial charge in [0.1, 0.15) is 0 Å². The van der Waals surface area contributed by atoms with Gasteiger partial charge in [-0.15, -0.1) is 0 Å². The standard InChI is InChI=1S/C16H12F6N2O2/c17-15(18,19)10-3-1-9(2-4-10)8-23-11-5-6-13(24-14(25)26)12(7-11)16(20,21)22/h1-7,23-24H,8H2,(H,25,26). The van der Waals surface area contributed by atoms with Crippen LogP contribution in [0.1, 0.15) is 16.7 Å². The van der Waals surface area contributed by atoms with E-state index >= 15 is 0 Å². The molecule has 0 unspecified atom stereocenters. The maximum absolute atomic E-state index is 13.0. The molecule has 0 bridgehead atoms. The van der Waals surface area contributed by atoms with E-state index in [1.807, 2.05) is 0 Å². The van der Waals surface area contributed by atoms with Gasteiger partial charge in [-0.3, -0.25) is 5.32 Å². The molecular formula is C16H12F6N2O2. The fourth-order valence-electron chi connectivity index (χ4n) is 2.13. The summed E-state index contributed by atoms with van der Waals surface area (Å²) in [6.45, 7) is -0.0128. The molecule has 0 aliphatic heterocycles. The quantitative estimate of drug-likeness (QED) is 0.622. The van der Waals surface area contributed by atoms with Crippen LogP contribution in [0.15, 0.2) is 42.5 Å². The Morgan fingerprint density at radius 1 is 0.923 bits per heavy atom. The lowest BCUT2D eigenvalue weighted by molar-refractivity contribution is -0.138. The van der Waals surface area contributed by atoms with Gasteiger partial charge in [0.05, 0.1) is 16.8 Å². The molecule has 0 fully saturated rings. The summed E-state index contributed by atoms with van der Waals surface area (Å²) in [5.41, 5.74) is -2.17. The fourth-order valence-corrected chi connectivity index (χ4v) is 2.13. The van der Waals surface area contributed by atoms with Crippen LogP contribution in [0, 0.1) is 0 Å². The zero-order chi connectivity index (χ0) is 19.5. The van der Waals surface area contributed by atoms with Crippen LogP contribution in [-0.4, -0.2) is 11.2 Å². The number of rotatable bonds is 4. The van der Waals surface area contributed by atoms with E-state index < -0.39 is 35.3 Å². The van der Waals surface area contributed by atoms with Gasteiger partial charge in [0.2, 0.25) is 0 Å². The maximum Gasteiger partial charge on any atom is 0.418 e. The molecule has 0 aliphatic rings. The van der Waals surface area contributed by atoms with Crippen molar-refractivity contribution in [3.8, 4) is 0 Å². The number of carboxylic acid groups (broad SMARTS) is 1. The van der Waals surface area contributed by atoms with Gasteiger partial charge >= 0.3 is 18.4 Å². The van der Waals surface area contributed by atoms with E-state index in [0.717, 1.165) is 24.3 Å². The van der Waals surface area contributed by atoms with Crippen LogP contribution in [0.25, 0.3) is 0 Å². The number of hydrogen-bond donors (Lipinski definition) is 3. The fraction of sp³-hybridized carbons (Fsp3) is 0.188. The zero-order valence-corrected chi connectivity index (χ0v) is 12.9. The van der Waals surface area contributed by atoms with Crippen molar-refractivity contribution in [1.82, 2.24) is 0 Å². The van der Waals surface area contributed by atoms with Crippen LogP contribution < -0.4 is 10.6 Å². The smallest absolute Gasteiger partial charge is 0.418 e. The highest BCUT2D eigenvalue weighted by Gasteiger charge is 2.34. The molecule has 0 heterocycles. The molecule has 2 rings (SSSR count).